The number of rotatable bonds is 4. The molecule has 1 saturated heterocycles. The summed E-state index contributed by atoms with van der Waals surface area (Å²) in [6.45, 7) is 10.7. The summed E-state index contributed by atoms with van der Waals surface area (Å²) < 4.78 is 34.4. The molecule has 2 atom stereocenters. The van der Waals surface area contributed by atoms with Gasteiger partial charge in [0.25, 0.3) is 0 Å². The molecule has 0 saturated carbocycles. The van der Waals surface area contributed by atoms with E-state index in [9.17, 15) is 0 Å². The first-order valence-corrected chi connectivity index (χ1v) is 14.7. The SMILES string of the molecule is [2H]C([2H])([2H])[N@+]12[CH-][N@+](c3[c-]c(Oc4[c-]c(-n5c6ccccc6c6cccnc65)ccc4)cc(C(C)(C)C)c3)(C1)c1cc(C)c(C)cc12.[Pt]. The van der Waals surface area contributed by atoms with Gasteiger partial charge in [-0.15, -0.1) is 35.9 Å². The maximum absolute atomic E-state index is 8.50. The van der Waals surface area contributed by atoms with Crippen LogP contribution in [-0.2, 0) is 26.5 Å². The molecule has 9 rings (SSSR count). The first kappa shape index (κ1) is 25.6. The Kier molecular flexibility index (Phi) is 5.73. The predicted molar refractivity (Wildman–Crippen MR) is 176 cm³/mol. The van der Waals surface area contributed by atoms with Crippen LogP contribution in [0.2, 0.25) is 0 Å². The fourth-order valence-electron chi connectivity index (χ4n) is 6.65. The number of para-hydroxylation sites is 1. The fraction of sp³-hybridized carbons (Fsp3) is 0.211. The quantitative estimate of drug-likeness (QED) is 0.132. The van der Waals surface area contributed by atoms with Crippen LogP contribution >= 0.6 is 0 Å². The summed E-state index contributed by atoms with van der Waals surface area (Å²) in [5.74, 6) is 1.12. The molecular formula is C38H35N4OPt-. The number of ether oxygens (including phenoxy) is 1. The molecule has 0 radical (unpaired) electrons. The number of nitrogens with zero attached hydrogens (tertiary/aromatic N) is 4. The minimum Gasteiger partial charge on any atom is -0.509 e. The van der Waals surface area contributed by atoms with Crippen molar-refractivity contribution in [2.75, 3.05) is 13.6 Å². The van der Waals surface area contributed by atoms with Crippen molar-refractivity contribution in [2.24, 2.45) is 0 Å². The Morgan fingerprint density at radius 3 is 2.41 bits per heavy atom. The molecule has 3 aliphatic heterocycles. The molecule has 2 aromatic heterocycles. The zero-order valence-electron chi connectivity index (χ0n) is 28.4. The average molecular weight is 762 g/mol. The average Bonchev–Trinajstić information content (AvgIpc) is 3.57. The molecule has 0 N–H and O–H groups in total. The van der Waals surface area contributed by atoms with Crippen molar-refractivity contribution in [3.63, 3.8) is 0 Å². The third-order valence-electron chi connectivity index (χ3n) is 9.06. The monoisotopic (exact) mass is 761 g/mol. The van der Waals surface area contributed by atoms with Gasteiger partial charge in [0.05, 0.1) is 23.3 Å². The molecule has 4 aromatic carbocycles. The largest absolute Gasteiger partial charge is 0.509 e. The van der Waals surface area contributed by atoms with Crippen LogP contribution in [0, 0.1) is 32.6 Å². The van der Waals surface area contributed by atoms with Crippen molar-refractivity contribution >= 4 is 39.0 Å². The van der Waals surface area contributed by atoms with E-state index in [0.29, 0.717) is 22.7 Å². The van der Waals surface area contributed by atoms with Gasteiger partial charge in [-0.3, -0.25) is 0 Å². The Bertz CT molecular complexity index is 2160. The summed E-state index contributed by atoms with van der Waals surface area (Å²) in [6, 6.07) is 33.7. The van der Waals surface area contributed by atoms with Crippen LogP contribution in [0.3, 0.4) is 0 Å². The Balaban J connectivity index is 0.00000351. The second-order valence-electron chi connectivity index (χ2n) is 13.0. The van der Waals surface area contributed by atoms with Crippen molar-refractivity contribution in [3.05, 3.63) is 121 Å². The van der Waals surface area contributed by atoms with E-state index < -0.39 is 6.98 Å². The number of pyridine rings is 1. The summed E-state index contributed by atoms with van der Waals surface area (Å²) in [4.78, 5) is 4.72. The summed E-state index contributed by atoms with van der Waals surface area (Å²) >= 11 is 0. The van der Waals surface area contributed by atoms with E-state index in [4.69, 9.17) is 13.8 Å². The Morgan fingerprint density at radius 1 is 0.886 bits per heavy atom. The van der Waals surface area contributed by atoms with Gasteiger partial charge in [0, 0.05) is 67.4 Å². The van der Waals surface area contributed by atoms with Crippen molar-refractivity contribution in [3.8, 4) is 17.2 Å². The van der Waals surface area contributed by atoms with E-state index in [0.717, 1.165) is 61.4 Å². The van der Waals surface area contributed by atoms with Gasteiger partial charge in [-0.2, -0.15) is 6.07 Å². The van der Waals surface area contributed by atoms with Crippen LogP contribution in [0.4, 0.5) is 17.1 Å². The van der Waals surface area contributed by atoms with Crippen LogP contribution in [0.15, 0.2) is 85.1 Å². The van der Waals surface area contributed by atoms with Gasteiger partial charge in [-0.25, -0.2) is 4.98 Å². The smallest absolute Gasteiger partial charge is 0.179 e. The second kappa shape index (κ2) is 9.87. The number of benzene rings is 4. The summed E-state index contributed by atoms with van der Waals surface area (Å²) in [5.41, 5.74) is 8.54. The normalized spacial score (nSPS) is 21.6. The van der Waals surface area contributed by atoms with Crippen molar-refractivity contribution < 1.29 is 29.9 Å². The predicted octanol–water partition coefficient (Wildman–Crippen LogP) is 9.16. The van der Waals surface area contributed by atoms with Crippen LogP contribution in [0.25, 0.3) is 27.6 Å². The van der Waals surface area contributed by atoms with Gasteiger partial charge in [0.1, 0.15) is 5.65 Å². The van der Waals surface area contributed by atoms with Crippen LogP contribution in [0.5, 0.6) is 11.5 Å². The molecular weight excluding hydrogens is 724 g/mol. The third kappa shape index (κ3) is 4.21. The van der Waals surface area contributed by atoms with Crippen LogP contribution in [-0.4, -0.2) is 23.2 Å². The van der Waals surface area contributed by atoms with Gasteiger partial charge >= 0.3 is 0 Å². The molecule has 44 heavy (non-hydrogen) atoms. The van der Waals surface area contributed by atoms with Crippen molar-refractivity contribution in [1.82, 2.24) is 18.5 Å². The summed E-state index contributed by atoms with van der Waals surface area (Å²) in [6.07, 6.45) is 1.81. The zero-order chi connectivity index (χ0) is 32.2. The maximum Gasteiger partial charge on any atom is 0.179 e. The maximum atomic E-state index is 8.50. The minimum absolute atomic E-state index is 0. The number of hydrogen-bond acceptors (Lipinski definition) is 2. The number of aryl methyl sites for hydroxylation is 2. The van der Waals surface area contributed by atoms with Crippen LogP contribution in [0.1, 0.15) is 41.6 Å². The van der Waals surface area contributed by atoms with Gasteiger partial charge in [0.2, 0.25) is 0 Å². The molecule has 0 unspecified atom stereocenters. The first-order valence-electron chi connectivity index (χ1n) is 16.2. The molecule has 1 fully saturated rings. The second-order valence-corrected chi connectivity index (χ2v) is 13.0. The van der Waals surface area contributed by atoms with E-state index >= 15 is 0 Å². The first-order chi connectivity index (χ1) is 21.8. The molecule has 224 valence electrons. The molecule has 0 aliphatic carbocycles. The third-order valence-corrected chi connectivity index (χ3v) is 9.06. The van der Waals surface area contributed by atoms with E-state index in [1.807, 2.05) is 62.3 Å². The van der Waals surface area contributed by atoms with E-state index in [2.05, 4.69) is 80.8 Å². The number of fused-ring (bicyclic) bond motifs is 3. The standard InChI is InChI=1S/C38H35N4O.Pt/c1-25-17-35-36(18-26(25)2)42(23-41(35,6)24-42)29-19-27(38(3,4)5)20-31(22-29)43-30-12-9-11-28(21-30)40-34-15-8-7-13-32(34)33-14-10-16-39-37(33)40;/h7-20,23H,24H2,1-6H3;/q-1;/t41-,42+;/m0./s1/i6D3;. The number of aromatic nitrogens is 2. The molecule has 0 amide bonds. The van der Waals surface area contributed by atoms with Gasteiger partial charge in [-0.1, -0.05) is 50.7 Å². The van der Waals surface area contributed by atoms with Crippen LogP contribution < -0.4 is 13.7 Å². The topological polar surface area (TPSA) is 27.1 Å². The Morgan fingerprint density at radius 2 is 1.64 bits per heavy atom. The van der Waals surface area contributed by atoms with Gasteiger partial charge < -0.3 is 18.3 Å². The number of quaternary nitrogens is 2. The van der Waals surface area contributed by atoms with E-state index in [-0.39, 0.29) is 31.0 Å². The molecule has 0 spiro atoms. The summed E-state index contributed by atoms with van der Waals surface area (Å²) in [7, 11) is 0. The minimum atomic E-state index is -2.22. The molecule has 6 aromatic rings. The molecule has 2 bridgehead atoms. The molecule has 3 aliphatic rings. The molecule has 5 nitrogen and oxygen atoms in total. The fourth-order valence-corrected chi connectivity index (χ4v) is 6.65. The Hall–Kier alpha value is -3.76. The number of hydrogen-bond donors (Lipinski definition) is 0. The van der Waals surface area contributed by atoms with Gasteiger partial charge in [0.15, 0.2) is 18.0 Å². The molecule has 5 heterocycles. The molecule has 6 heteroatoms. The Labute approximate surface area is 278 Å². The van der Waals surface area contributed by atoms with Crippen molar-refractivity contribution in [2.45, 2.75) is 40.0 Å². The van der Waals surface area contributed by atoms with E-state index in [1.54, 1.807) is 0 Å². The summed E-state index contributed by atoms with van der Waals surface area (Å²) in [5, 5.41) is 2.21. The van der Waals surface area contributed by atoms with Crippen molar-refractivity contribution in [1.29, 1.82) is 0 Å². The van der Waals surface area contributed by atoms with Gasteiger partial charge in [-0.05, 0) is 48.6 Å². The van der Waals surface area contributed by atoms with E-state index in [1.165, 1.54) is 0 Å². The zero-order valence-corrected chi connectivity index (χ0v) is 27.7.